The van der Waals surface area contributed by atoms with E-state index >= 15 is 4.39 Å². The number of nitrogens with zero attached hydrogens (tertiary/aromatic N) is 3. The summed E-state index contributed by atoms with van der Waals surface area (Å²) in [5, 5.41) is 13.6. The van der Waals surface area contributed by atoms with Crippen molar-refractivity contribution in [1.82, 2.24) is 19.9 Å². The Morgan fingerprint density at radius 1 is 1.18 bits per heavy atom. The lowest BCUT2D eigenvalue weighted by atomic mass is 9.99. The Kier molecular flexibility index (Phi) is 6.08. The molecule has 0 spiro atoms. The molecule has 2 aliphatic heterocycles. The van der Waals surface area contributed by atoms with E-state index in [1.54, 1.807) is 12.1 Å². The average Bonchev–Trinajstić information content (AvgIpc) is 3.71. The average molecular weight is 567 g/mol. The van der Waals surface area contributed by atoms with Crippen LogP contribution in [0.25, 0.3) is 22.3 Å². The molecule has 0 radical (unpaired) electrons. The molecule has 1 aliphatic carbocycles. The van der Waals surface area contributed by atoms with E-state index < -0.39 is 24.2 Å². The molecule has 1 unspecified atom stereocenters. The summed E-state index contributed by atoms with van der Waals surface area (Å²) in [6.45, 7) is 0.475. The number of hydrogen-bond acceptors (Lipinski definition) is 9. The van der Waals surface area contributed by atoms with Gasteiger partial charge >= 0.3 is 0 Å². The molecule has 2 saturated heterocycles. The molecule has 3 aliphatic rings. The number of pyridine rings is 2. The number of nitrogens with one attached hydrogen (secondary N) is 2. The zero-order valence-corrected chi connectivity index (χ0v) is 21.7. The van der Waals surface area contributed by atoms with Gasteiger partial charge in [0.15, 0.2) is 11.8 Å². The van der Waals surface area contributed by atoms with Gasteiger partial charge in [-0.2, -0.15) is 4.98 Å². The van der Waals surface area contributed by atoms with Gasteiger partial charge in [0.25, 0.3) is 11.9 Å². The second kappa shape index (κ2) is 9.66. The van der Waals surface area contributed by atoms with Crippen LogP contribution < -0.4 is 15.8 Å². The van der Waals surface area contributed by atoms with E-state index in [4.69, 9.17) is 31.5 Å². The molecule has 2 fully saturated rings. The van der Waals surface area contributed by atoms with Crippen LogP contribution in [0.2, 0.25) is 5.02 Å². The van der Waals surface area contributed by atoms with Gasteiger partial charge in [-0.1, -0.05) is 23.7 Å². The Balaban J connectivity index is 1.10. The standard InChI is InChI=1S/C27H24ClFN6O5/c28-14-7-18-26(35-27(33-18)40-20-10-39-22-19(36)9-38-23(20)22)34-25(14)32-16-3-1-11-5-13(6-15(29)21(11)16)12-2-4-17(24(30)37)31-8-12/h2,4-8,16,19-20,22-23,36H,1,3,9-10H2,(H2,30,37)(H2,32,33,34,35)/t16?,19-,20-,22-,23-/m1/s1. The number of benzene rings is 1. The number of primary amides is 1. The fourth-order valence-corrected chi connectivity index (χ4v) is 5.85. The first-order valence-corrected chi connectivity index (χ1v) is 13.2. The predicted molar refractivity (Wildman–Crippen MR) is 142 cm³/mol. The van der Waals surface area contributed by atoms with Crippen molar-refractivity contribution in [3.05, 3.63) is 64.2 Å². The van der Waals surface area contributed by atoms with Gasteiger partial charge in [0, 0.05) is 17.3 Å². The molecule has 206 valence electrons. The zero-order valence-electron chi connectivity index (χ0n) is 20.9. The van der Waals surface area contributed by atoms with Crippen LogP contribution in [-0.2, 0) is 15.9 Å². The Morgan fingerprint density at radius 2 is 2.02 bits per heavy atom. The van der Waals surface area contributed by atoms with Gasteiger partial charge in [0.1, 0.15) is 35.6 Å². The number of amides is 1. The maximum Gasteiger partial charge on any atom is 0.296 e. The van der Waals surface area contributed by atoms with Crippen molar-refractivity contribution in [3.63, 3.8) is 0 Å². The molecule has 40 heavy (non-hydrogen) atoms. The van der Waals surface area contributed by atoms with Crippen molar-refractivity contribution in [1.29, 1.82) is 0 Å². The molecule has 4 aromatic rings. The molecule has 5 atom stereocenters. The van der Waals surface area contributed by atoms with Crippen molar-refractivity contribution in [3.8, 4) is 17.1 Å². The number of ether oxygens (including phenoxy) is 3. The molecule has 3 aromatic heterocycles. The highest BCUT2D eigenvalue weighted by Crippen LogP contribution is 2.39. The van der Waals surface area contributed by atoms with E-state index in [1.807, 2.05) is 6.07 Å². The third-order valence-electron chi connectivity index (χ3n) is 7.58. The molecule has 1 aromatic carbocycles. The van der Waals surface area contributed by atoms with Crippen molar-refractivity contribution in [2.45, 2.75) is 43.3 Å². The largest absolute Gasteiger partial charge is 0.456 e. The van der Waals surface area contributed by atoms with Crippen LogP contribution in [0.3, 0.4) is 0 Å². The van der Waals surface area contributed by atoms with Crippen molar-refractivity contribution in [2.75, 3.05) is 18.5 Å². The molecule has 7 rings (SSSR count). The minimum Gasteiger partial charge on any atom is -0.456 e. The number of H-pyrrole nitrogens is 1. The first kappa shape index (κ1) is 25.1. The van der Waals surface area contributed by atoms with Gasteiger partial charge in [-0.15, -0.1) is 0 Å². The number of aromatic nitrogens is 4. The van der Waals surface area contributed by atoms with Gasteiger partial charge in [-0.3, -0.25) is 9.78 Å². The van der Waals surface area contributed by atoms with Gasteiger partial charge in [0.05, 0.1) is 29.8 Å². The topological polar surface area (TPSA) is 158 Å². The van der Waals surface area contributed by atoms with Crippen molar-refractivity contribution in [2.24, 2.45) is 5.73 Å². The number of aliphatic hydroxyl groups excluding tert-OH is 1. The molecule has 5 N–H and O–H groups in total. The molecular weight excluding hydrogens is 543 g/mol. The number of aryl methyl sites for hydroxylation is 1. The molecule has 0 bridgehead atoms. The normalized spacial score (nSPS) is 25.2. The first-order valence-electron chi connectivity index (χ1n) is 12.8. The van der Waals surface area contributed by atoms with Gasteiger partial charge in [-0.25, -0.2) is 9.37 Å². The molecule has 5 heterocycles. The second-order valence-electron chi connectivity index (χ2n) is 10.1. The van der Waals surface area contributed by atoms with Crippen LogP contribution in [0, 0.1) is 5.82 Å². The van der Waals surface area contributed by atoms with Crippen LogP contribution in [0.1, 0.15) is 34.1 Å². The zero-order chi connectivity index (χ0) is 27.5. The first-order chi connectivity index (χ1) is 19.3. The fourth-order valence-electron chi connectivity index (χ4n) is 5.64. The van der Waals surface area contributed by atoms with E-state index in [1.165, 1.54) is 18.3 Å². The minimum absolute atomic E-state index is 0.149. The van der Waals surface area contributed by atoms with Crippen LogP contribution in [0.15, 0.2) is 36.5 Å². The van der Waals surface area contributed by atoms with Crippen LogP contribution >= 0.6 is 11.6 Å². The third-order valence-corrected chi connectivity index (χ3v) is 7.86. The SMILES string of the molecule is NC(=O)c1ccc(-c2cc(F)c3c(c2)CCC3Nc2nc3nc(O[C@@H]4CO[C@H]5[C@@H]4OC[C@H]5O)[nH]c3cc2Cl)cn1. The quantitative estimate of drug-likeness (QED) is 0.275. The maximum atomic E-state index is 15.4. The Morgan fingerprint density at radius 3 is 2.83 bits per heavy atom. The van der Waals surface area contributed by atoms with E-state index in [-0.39, 0.29) is 42.9 Å². The smallest absolute Gasteiger partial charge is 0.296 e. The summed E-state index contributed by atoms with van der Waals surface area (Å²) in [5.41, 5.74) is 9.15. The summed E-state index contributed by atoms with van der Waals surface area (Å²) in [6, 6.07) is 8.19. The Bertz CT molecular complexity index is 1630. The summed E-state index contributed by atoms with van der Waals surface area (Å²) >= 11 is 6.54. The lowest BCUT2D eigenvalue weighted by Gasteiger charge is -2.17. The summed E-state index contributed by atoms with van der Waals surface area (Å²) < 4.78 is 32.6. The lowest BCUT2D eigenvalue weighted by molar-refractivity contribution is 0.00706. The maximum absolute atomic E-state index is 15.4. The Labute approximate surface area is 231 Å². The monoisotopic (exact) mass is 566 g/mol. The number of anilines is 1. The second-order valence-corrected chi connectivity index (χ2v) is 10.5. The summed E-state index contributed by atoms with van der Waals surface area (Å²) in [6.07, 6.45) is 0.934. The molecule has 11 nitrogen and oxygen atoms in total. The van der Waals surface area contributed by atoms with E-state index in [2.05, 4.69) is 25.3 Å². The van der Waals surface area contributed by atoms with E-state index in [0.717, 1.165) is 5.56 Å². The third kappa shape index (κ3) is 4.33. The predicted octanol–water partition coefficient (Wildman–Crippen LogP) is 2.92. The number of hydrogen-bond donors (Lipinski definition) is 4. The van der Waals surface area contributed by atoms with E-state index in [9.17, 15) is 9.90 Å². The highest BCUT2D eigenvalue weighted by Gasteiger charge is 2.48. The van der Waals surface area contributed by atoms with Gasteiger partial charge in [0.2, 0.25) is 0 Å². The van der Waals surface area contributed by atoms with Gasteiger partial charge < -0.3 is 35.4 Å². The van der Waals surface area contributed by atoms with Crippen LogP contribution in [-0.4, -0.2) is 68.6 Å². The number of halogens is 2. The highest BCUT2D eigenvalue weighted by molar-refractivity contribution is 6.33. The number of carbonyl (C=O) groups is 1. The molecule has 1 amide bonds. The number of imidazole rings is 1. The fraction of sp³-hybridized carbons (Fsp3) is 0.333. The Hall–Kier alpha value is -3.84. The minimum atomic E-state index is -0.674. The molecule has 0 saturated carbocycles. The molecular formula is C27H24ClFN6O5. The lowest BCUT2D eigenvalue weighted by Crippen LogP contribution is -2.34. The van der Waals surface area contributed by atoms with Crippen molar-refractivity contribution >= 4 is 34.5 Å². The molecule has 13 heteroatoms. The van der Waals surface area contributed by atoms with Gasteiger partial charge in [-0.05, 0) is 42.2 Å². The summed E-state index contributed by atoms with van der Waals surface area (Å²) in [5.74, 6) is -0.595. The number of nitrogens with two attached hydrogens (primary N) is 1. The summed E-state index contributed by atoms with van der Waals surface area (Å²) in [4.78, 5) is 27.4. The number of aliphatic hydroxyl groups is 1. The van der Waals surface area contributed by atoms with Crippen molar-refractivity contribution < 1.29 is 28.5 Å². The number of carbonyl (C=O) groups excluding carboxylic acids is 1. The number of rotatable bonds is 6. The number of fused-ring (bicyclic) bond motifs is 3. The number of aromatic amines is 1. The van der Waals surface area contributed by atoms with Crippen LogP contribution in [0.5, 0.6) is 6.01 Å². The summed E-state index contributed by atoms with van der Waals surface area (Å²) in [7, 11) is 0. The highest BCUT2D eigenvalue weighted by atomic mass is 35.5. The van der Waals surface area contributed by atoms with Crippen LogP contribution in [0.4, 0.5) is 10.2 Å². The van der Waals surface area contributed by atoms with E-state index in [0.29, 0.717) is 51.5 Å².